The first kappa shape index (κ1) is 16.1. The molecule has 0 amide bonds. The molecule has 112 valence electrons. The molecule has 2 rings (SSSR count). The van der Waals surface area contributed by atoms with Crippen molar-refractivity contribution in [2.45, 2.75) is 51.0 Å². The molecule has 20 heavy (non-hydrogen) atoms. The molecule has 0 saturated heterocycles. The summed E-state index contributed by atoms with van der Waals surface area (Å²) in [4.78, 5) is 0. The van der Waals surface area contributed by atoms with Crippen molar-refractivity contribution in [3.8, 4) is 0 Å². The van der Waals surface area contributed by atoms with Crippen LogP contribution in [0.3, 0.4) is 0 Å². The van der Waals surface area contributed by atoms with Crippen LogP contribution in [0.1, 0.15) is 45.4 Å². The summed E-state index contributed by atoms with van der Waals surface area (Å²) >= 11 is 9.48. The molecule has 0 radical (unpaired) electrons. The Morgan fingerprint density at radius 3 is 2.85 bits per heavy atom. The van der Waals surface area contributed by atoms with Gasteiger partial charge in [0.2, 0.25) is 0 Å². The summed E-state index contributed by atoms with van der Waals surface area (Å²) in [5.41, 5.74) is 0.835. The van der Waals surface area contributed by atoms with E-state index in [-0.39, 0.29) is 12.1 Å². The van der Waals surface area contributed by atoms with E-state index in [0.29, 0.717) is 5.02 Å². The van der Waals surface area contributed by atoms with E-state index < -0.39 is 0 Å². The minimum absolute atomic E-state index is 0.183. The van der Waals surface area contributed by atoms with Crippen LogP contribution in [0, 0.1) is 5.92 Å². The molecule has 2 unspecified atom stereocenters. The van der Waals surface area contributed by atoms with Gasteiger partial charge in [0.05, 0.1) is 17.2 Å². The zero-order valence-corrected chi connectivity index (χ0v) is 14.3. The average Bonchev–Trinajstić information content (AvgIpc) is 2.66. The minimum Gasteiger partial charge on any atom is -0.394 e. The number of aliphatic hydroxyl groups is 1. The van der Waals surface area contributed by atoms with Gasteiger partial charge >= 0.3 is 0 Å². The lowest BCUT2D eigenvalue weighted by molar-refractivity contribution is 0.194. The molecule has 1 aliphatic rings. The summed E-state index contributed by atoms with van der Waals surface area (Å²) in [6.45, 7) is 2.45. The Kier molecular flexibility index (Phi) is 5.76. The summed E-state index contributed by atoms with van der Waals surface area (Å²) in [6, 6.07) is 5.85. The zero-order chi connectivity index (χ0) is 14.6. The first-order chi connectivity index (χ1) is 9.58. The van der Waals surface area contributed by atoms with Crippen LogP contribution < -0.4 is 5.32 Å². The van der Waals surface area contributed by atoms with Gasteiger partial charge in [-0.3, -0.25) is 0 Å². The molecule has 1 aromatic carbocycles. The Balaban J connectivity index is 2.12. The van der Waals surface area contributed by atoms with Gasteiger partial charge in [-0.05, 0) is 59.3 Å². The fourth-order valence-electron chi connectivity index (χ4n) is 3.09. The van der Waals surface area contributed by atoms with Gasteiger partial charge in [0.25, 0.3) is 0 Å². The number of nitrogens with one attached hydrogen (secondary N) is 1. The highest BCUT2D eigenvalue weighted by atomic mass is 79.9. The maximum atomic E-state index is 9.91. The van der Waals surface area contributed by atoms with Gasteiger partial charge in [0, 0.05) is 10.2 Å². The summed E-state index contributed by atoms with van der Waals surface area (Å²) in [6.07, 6.45) is 6.96. The molecular weight excluding hydrogens is 338 g/mol. The van der Waals surface area contributed by atoms with Crippen molar-refractivity contribution in [3.63, 3.8) is 0 Å². The van der Waals surface area contributed by atoms with Gasteiger partial charge in [-0.2, -0.15) is 0 Å². The lowest BCUT2D eigenvalue weighted by Crippen LogP contribution is -2.41. The number of halogens is 2. The molecule has 0 aromatic heterocycles. The maximum Gasteiger partial charge on any atom is 0.0661 e. The lowest BCUT2D eigenvalue weighted by atomic mass is 9.89. The van der Waals surface area contributed by atoms with Crippen molar-refractivity contribution >= 4 is 33.2 Å². The molecular formula is C16H23BrClNO. The van der Waals surface area contributed by atoms with E-state index in [2.05, 4.69) is 28.2 Å². The molecule has 0 bridgehead atoms. The van der Waals surface area contributed by atoms with Gasteiger partial charge in [0.15, 0.2) is 0 Å². The maximum absolute atomic E-state index is 9.91. The number of hydrogen-bond acceptors (Lipinski definition) is 2. The Hall–Kier alpha value is -0.250. The van der Waals surface area contributed by atoms with Crippen LogP contribution in [0.25, 0.3) is 0 Å². The van der Waals surface area contributed by atoms with Crippen LogP contribution in [0.5, 0.6) is 0 Å². The molecule has 4 heteroatoms. The van der Waals surface area contributed by atoms with Gasteiger partial charge in [0.1, 0.15) is 0 Å². The second-order valence-electron chi connectivity index (χ2n) is 5.90. The average molecular weight is 361 g/mol. The lowest BCUT2D eigenvalue weighted by Gasteiger charge is -2.33. The number of anilines is 1. The van der Waals surface area contributed by atoms with Crippen LogP contribution in [-0.4, -0.2) is 17.3 Å². The topological polar surface area (TPSA) is 32.3 Å². The molecule has 0 heterocycles. The highest BCUT2D eigenvalue weighted by Crippen LogP contribution is 2.35. The predicted octanol–water partition coefficient (Wildman–Crippen LogP) is 5.24. The fourth-order valence-corrected chi connectivity index (χ4v) is 3.59. The first-order valence-corrected chi connectivity index (χ1v) is 8.60. The van der Waals surface area contributed by atoms with Crippen LogP contribution >= 0.6 is 27.5 Å². The highest BCUT2D eigenvalue weighted by molar-refractivity contribution is 9.10. The quantitative estimate of drug-likeness (QED) is 0.720. The monoisotopic (exact) mass is 359 g/mol. The third kappa shape index (κ3) is 3.90. The van der Waals surface area contributed by atoms with Crippen LogP contribution in [0.4, 0.5) is 5.69 Å². The molecule has 1 aromatic rings. The van der Waals surface area contributed by atoms with E-state index >= 15 is 0 Å². The Labute approximate surface area is 135 Å². The van der Waals surface area contributed by atoms with E-state index in [1.54, 1.807) is 0 Å². The van der Waals surface area contributed by atoms with Crippen LogP contribution in [0.15, 0.2) is 22.7 Å². The van der Waals surface area contributed by atoms with Crippen LogP contribution in [0.2, 0.25) is 5.02 Å². The van der Waals surface area contributed by atoms with Crippen molar-refractivity contribution in [1.29, 1.82) is 0 Å². The number of hydrogen-bond donors (Lipinski definition) is 2. The SMILES string of the molecule is CCC1CCCC(CO)(Nc2ccc(Cl)c(Br)c2)CC1. The van der Waals surface area contributed by atoms with E-state index in [1.165, 1.54) is 25.7 Å². The minimum atomic E-state index is -0.183. The molecule has 2 N–H and O–H groups in total. The van der Waals surface area contributed by atoms with Crippen LogP contribution in [-0.2, 0) is 0 Å². The van der Waals surface area contributed by atoms with Gasteiger partial charge in [-0.15, -0.1) is 0 Å². The molecule has 0 spiro atoms. The normalized spacial score (nSPS) is 27.1. The van der Waals surface area contributed by atoms with Crippen molar-refractivity contribution in [2.75, 3.05) is 11.9 Å². The molecule has 1 aliphatic carbocycles. The summed E-state index contributed by atoms with van der Waals surface area (Å²) < 4.78 is 0.886. The highest BCUT2D eigenvalue weighted by Gasteiger charge is 2.32. The molecule has 1 fully saturated rings. The Morgan fingerprint density at radius 2 is 2.20 bits per heavy atom. The third-order valence-electron chi connectivity index (χ3n) is 4.51. The third-order valence-corrected chi connectivity index (χ3v) is 5.72. The predicted molar refractivity (Wildman–Crippen MR) is 89.5 cm³/mol. The van der Waals surface area contributed by atoms with E-state index in [0.717, 1.165) is 28.9 Å². The number of aliphatic hydroxyl groups excluding tert-OH is 1. The van der Waals surface area contributed by atoms with E-state index in [9.17, 15) is 5.11 Å². The Bertz CT molecular complexity index is 454. The summed E-state index contributed by atoms with van der Waals surface area (Å²) in [5.74, 6) is 0.808. The largest absolute Gasteiger partial charge is 0.394 e. The van der Waals surface area contributed by atoms with E-state index in [1.807, 2.05) is 18.2 Å². The second-order valence-corrected chi connectivity index (χ2v) is 7.16. The molecule has 1 saturated carbocycles. The summed E-state index contributed by atoms with van der Waals surface area (Å²) in [7, 11) is 0. The van der Waals surface area contributed by atoms with Crippen molar-refractivity contribution in [2.24, 2.45) is 5.92 Å². The van der Waals surface area contributed by atoms with Crippen molar-refractivity contribution < 1.29 is 5.11 Å². The second kappa shape index (κ2) is 7.15. The van der Waals surface area contributed by atoms with Gasteiger partial charge in [-0.1, -0.05) is 37.8 Å². The van der Waals surface area contributed by atoms with Crippen molar-refractivity contribution in [3.05, 3.63) is 27.7 Å². The molecule has 2 atom stereocenters. The molecule has 2 nitrogen and oxygen atoms in total. The molecule has 0 aliphatic heterocycles. The smallest absolute Gasteiger partial charge is 0.0661 e. The summed E-state index contributed by atoms with van der Waals surface area (Å²) in [5, 5.41) is 14.2. The standard InChI is InChI=1S/C16H23BrClNO/c1-2-12-4-3-8-16(11-20,9-7-12)19-13-5-6-15(18)14(17)10-13/h5-6,10,12,19-20H,2-4,7-9,11H2,1H3. The Morgan fingerprint density at radius 1 is 1.40 bits per heavy atom. The van der Waals surface area contributed by atoms with Gasteiger partial charge < -0.3 is 10.4 Å². The number of rotatable bonds is 4. The number of benzene rings is 1. The van der Waals surface area contributed by atoms with Gasteiger partial charge in [-0.25, -0.2) is 0 Å². The first-order valence-electron chi connectivity index (χ1n) is 7.42. The zero-order valence-electron chi connectivity index (χ0n) is 12.0. The fraction of sp³-hybridized carbons (Fsp3) is 0.625. The van der Waals surface area contributed by atoms with E-state index in [4.69, 9.17) is 11.6 Å². The van der Waals surface area contributed by atoms with Crippen molar-refractivity contribution in [1.82, 2.24) is 0 Å².